The van der Waals surface area contributed by atoms with Crippen LogP contribution >= 0.6 is 23.4 Å². The van der Waals surface area contributed by atoms with Gasteiger partial charge in [-0.3, -0.25) is 19.5 Å². The SMILES string of the molecule is COc1ccc(CN2CCN(CC(=O)N3c4ccccc4Sc4ccc(Cl)cc43)CC2)cc1. The van der Waals surface area contributed by atoms with Crippen molar-refractivity contribution in [2.24, 2.45) is 0 Å². The maximum absolute atomic E-state index is 13.5. The Hall–Kier alpha value is -2.51. The molecule has 2 heterocycles. The Morgan fingerprint density at radius 2 is 1.61 bits per heavy atom. The van der Waals surface area contributed by atoms with E-state index in [1.807, 2.05) is 53.4 Å². The number of methoxy groups -OCH3 is 1. The second-order valence-corrected chi connectivity index (χ2v) is 9.83. The van der Waals surface area contributed by atoms with Gasteiger partial charge >= 0.3 is 0 Å². The molecule has 2 aliphatic heterocycles. The van der Waals surface area contributed by atoms with E-state index in [1.165, 1.54) is 5.56 Å². The van der Waals surface area contributed by atoms with Crippen LogP contribution in [0.3, 0.4) is 0 Å². The number of para-hydroxylation sites is 1. The largest absolute Gasteiger partial charge is 0.497 e. The number of amides is 1. The number of nitrogens with zero attached hydrogens (tertiary/aromatic N) is 3. The number of anilines is 2. The van der Waals surface area contributed by atoms with E-state index < -0.39 is 0 Å². The highest BCUT2D eigenvalue weighted by Crippen LogP contribution is 2.48. The minimum absolute atomic E-state index is 0.0786. The fraction of sp³-hybridized carbons (Fsp3) is 0.269. The van der Waals surface area contributed by atoms with Gasteiger partial charge in [-0.05, 0) is 48.0 Å². The van der Waals surface area contributed by atoms with Gasteiger partial charge in [0.05, 0.1) is 25.0 Å². The van der Waals surface area contributed by atoms with Gasteiger partial charge in [0.1, 0.15) is 5.75 Å². The molecule has 0 saturated carbocycles. The van der Waals surface area contributed by atoms with E-state index in [0.29, 0.717) is 11.6 Å². The number of fused-ring (bicyclic) bond motifs is 2. The fourth-order valence-corrected chi connectivity index (χ4v) is 5.56. The van der Waals surface area contributed by atoms with Gasteiger partial charge in [0.2, 0.25) is 5.91 Å². The predicted molar refractivity (Wildman–Crippen MR) is 134 cm³/mol. The van der Waals surface area contributed by atoms with Crippen molar-refractivity contribution in [2.45, 2.75) is 16.3 Å². The lowest BCUT2D eigenvalue weighted by molar-refractivity contribution is -0.119. The van der Waals surface area contributed by atoms with E-state index in [0.717, 1.165) is 59.6 Å². The van der Waals surface area contributed by atoms with Crippen molar-refractivity contribution in [1.29, 1.82) is 0 Å². The molecule has 2 aliphatic rings. The Balaban J connectivity index is 1.25. The molecule has 0 atom stereocenters. The van der Waals surface area contributed by atoms with Crippen molar-refractivity contribution < 1.29 is 9.53 Å². The van der Waals surface area contributed by atoms with Crippen molar-refractivity contribution in [3.8, 4) is 5.75 Å². The zero-order chi connectivity index (χ0) is 22.8. The van der Waals surface area contributed by atoms with Crippen LogP contribution < -0.4 is 9.64 Å². The fourth-order valence-electron chi connectivity index (χ4n) is 4.35. The number of carbonyl (C=O) groups is 1. The molecule has 0 unspecified atom stereocenters. The van der Waals surface area contributed by atoms with Gasteiger partial charge in [-0.15, -0.1) is 0 Å². The summed E-state index contributed by atoms with van der Waals surface area (Å²) in [6, 6.07) is 22.1. The third-order valence-electron chi connectivity index (χ3n) is 6.13. The maximum Gasteiger partial charge on any atom is 0.245 e. The number of rotatable bonds is 5. The first kappa shape index (κ1) is 22.3. The summed E-state index contributed by atoms with van der Waals surface area (Å²) in [5.74, 6) is 0.956. The van der Waals surface area contributed by atoms with Crippen molar-refractivity contribution in [3.63, 3.8) is 0 Å². The highest BCUT2D eigenvalue weighted by molar-refractivity contribution is 7.99. The van der Waals surface area contributed by atoms with E-state index >= 15 is 0 Å². The molecule has 33 heavy (non-hydrogen) atoms. The van der Waals surface area contributed by atoms with Crippen molar-refractivity contribution in [1.82, 2.24) is 9.80 Å². The molecule has 0 N–H and O–H groups in total. The summed E-state index contributed by atoms with van der Waals surface area (Å²) in [6.07, 6.45) is 0. The van der Waals surface area contributed by atoms with Crippen LogP contribution in [-0.4, -0.2) is 55.5 Å². The van der Waals surface area contributed by atoms with E-state index in [4.69, 9.17) is 16.3 Å². The molecular weight excluding hydrogens is 454 g/mol. The summed E-state index contributed by atoms with van der Waals surface area (Å²) in [4.78, 5) is 22.2. The molecule has 0 aliphatic carbocycles. The molecule has 7 heteroatoms. The topological polar surface area (TPSA) is 36.0 Å². The lowest BCUT2D eigenvalue weighted by atomic mass is 10.2. The minimum Gasteiger partial charge on any atom is -0.497 e. The van der Waals surface area contributed by atoms with Crippen LogP contribution in [0.25, 0.3) is 0 Å². The number of piperazine rings is 1. The van der Waals surface area contributed by atoms with Gasteiger partial charge in [-0.2, -0.15) is 0 Å². The van der Waals surface area contributed by atoms with Gasteiger partial charge in [0, 0.05) is 47.5 Å². The van der Waals surface area contributed by atoms with Crippen LogP contribution in [0.4, 0.5) is 11.4 Å². The van der Waals surface area contributed by atoms with Crippen LogP contribution in [0.5, 0.6) is 5.75 Å². The first-order valence-electron chi connectivity index (χ1n) is 11.1. The van der Waals surface area contributed by atoms with Crippen molar-refractivity contribution in [3.05, 3.63) is 77.3 Å². The van der Waals surface area contributed by atoms with Crippen LogP contribution in [-0.2, 0) is 11.3 Å². The summed E-state index contributed by atoms with van der Waals surface area (Å²) in [5.41, 5.74) is 3.07. The monoisotopic (exact) mass is 479 g/mol. The molecule has 3 aromatic rings. The average Bonchev–Trinajstić information content (AvgIpc) is 2.84. The third-order valence-corrected chi connectivity index (χ3v) is 7.49. The van der Waals surface area contributed by atoms with Gasteiger partial charge in [-0.1, -0.05) is 47.6 Å². The molecule has 1 saturated heterocycles. The number of hydrogen-bond donors (Lipinski definition) is 0. The quantitative estimate of drug-likeness (QED) is 0.496. The number of benzene rings is 3. The Labute approximate surface area is 203 Å². The van der Waals surface area contributed by atoms with E-state index in [9.17, 15) is 4.79 Å². The predicted octanol–water partition coefficient (Wildman–Crippen LogP) is 5.30. The highest BCUT2D eigenvalue weighted by atomic mass is 35.5. The maximum atomic E-state index is 13.5. The van der Waals surface area contributed by atoms with E-state index in [2.05, 4.69) is 28.0 Å². The number of halogens is 1. The molecule has 0 aromatic heterocycles. The molecule has 1 amide bonds. The summed E-state index contributed by atoms with van der Waals surface area (Å²) < 4.78 is 5.25. The number of hydrogen-bond acceptors (Lipinski definition) is 5. The second kappa shape index (κ2) is 9.77. The van der Waals surface area contributed by atoms with Crippen LogP contribution in [0.15, 0.2) is 76.5 Å². The summed E-state index contributed by atoms with van der Waals surface area (Å²) in [7, 11) is 1.68. The molecule has 3 aromatic carbocycles. The summed E-state index contributed by atoms with van der Waals surface area (Å²) in [6.45, 7) is 4.92. The molecular formula is C26H26ClN3O2S. The molecule has 0 spiro atoms. The van der Waals surface area contributed by atoms with Crippen LogP contribution in [0.2, 0.25) is 5.02 Å². The third kappa shape index (κ3) is 4.89. The lowest BCUT2D eigenvalue weighted by Crippen LogP contribution is -2.49. The molecule has 0 bridgehead atoms. The minimum atomic E-state index is 0.0786. The molecule has 1 fully saturated rings. The molecule has 5 rings (SSSR count). The Bertz CT molecular complexity index is 1150. The highest BCUT2D eigenvalue weighted by Gasteiger charge is 2.30. The summed E-state index contributed by atoms with van der Waals surface area (Å²) >= 11 is 7.98. The van der Waals surface area contributed by atoms with Crippen LogP contribution in [0, 0.1) is 0 Å². The first-order valence-corrected chi connectivity index (χ1v) is 12.3. The standard InChI is InChI=1S/C26H26ClN3O2S/c1-32-21-9-6-19(7-10-21)17-28-12-14-29(15-13-28)18-26(31)30-22-4-2-3-5-24(22)33-25-11-8-20(27)16-23(25)30/h2-11,16H,12-15,17-18H2,1H3. The van der Waals surface area contributed by atoms with Gasteiger partial charge < -0.3 is 4.74 Å². The van der Waals surface area contributed by atoms with Gasteiger partial charge in [0.15, 0.2) is 0 Å². The van der Waals surface area contributed by atoms with Gasteiger partial charge in [-0.25, -0.2) is 0 Å². The number of ether oxygens (including phenoxy) is 1. The van der Waals surface area contributed by atoms with Crippen molar-refractivity contribution >= 4 is 40.6 Å². The lowest BCUT2D eigenvalue weighted by Gasteiger charge is -2.36. The second-order valence-electron chi connectivity index (χ2n) is 8.31. The van der Waals surface area contributed by atoms with E-state index in [1.54, 1.807) is 18.9 Å². The molecule has 170 valence electrons. The Morgan fingerprint density at radius 3 is 2.36 bits per heavy atom. The normalized spacial score (nSPS) is 16.2. The average molecular weight is 480 g/mol. The van der Waals surface area contributed by atoms with Crippen molar-refractivity contribution in [2.75, 3.05) is 44.7 Å². The zero-order valence-electron chi connectivity index (χ0n) is 18.5. The number of carbonyl (C=O) groups excluding carboxylic acids is 1. The van der Waals surface area contributed by atoms with Gasteiger partial charge in [0.25, 0.3) is 0 Å². The summed E-state index contributed by atoms with van der Waals surface area (Å²) in [5, 5.41) is 0.638. The Morgan fingerprint density at radius 1 is 0.909 bits per heavy atom. The first-order chi connectivity index (χ1) is 16.1. The molecule has 0 radical (unpaired) electrons. The van der Waals surface area contributed by atoms with E-state index in [-0.39, 0.29) is 5.91 Å². The Kier molecular flexibility index (Phi) is 6.60. The zero-order valence-corrected chi connectivity index (χ0v) is 20.1. The smallest absolute Gasteiger partial charge is 0.245 e. The van der Waals surface area contributed by atoms with Crippen LogP contribution in [0.1, 0.15) is 5.56 Å². The molecule has 5 nitrogen and oxygen atoms in total.